The van der Waals surface area contributed by atoms with Crippen molar-refractivity contribution in [2.24, 2.45) is 0 Å². The number of pyridine rings is 2. The highest BCUT2D eigenvalue weighted by Crippen LogP contribution is 2.36. The van der Waals surface area contributed by atoms with Crippen LogP contribution in [-0.2, 0) is 54.8 Å². The lowest BCUT2D eigenvalue weighted by molar-refractivity contribution is -0.147. The van der Waals surface area contributed by atoms with Gasteiger partial charge in [0.2, 0.25) is 12.6 Å². The Balaban J connectivity index is 0.000000164. The minimum absolute atomic E-state index is 0. The van der Waals surface area contributed by atoms with Crippen molar-refractivity contribution in [2.75, 3.05) is 14.2 Å². The molecule has 0 saturated heterocycles. The molecule has 2 aliphatic heterocycles. The number of rotatable bonds is 9. The zero-order valence-electron chi connectivity index (χ0n) is 35.2. The summed E-state index contributed by atoms with van der Waals surface area (Å²) in [5, 5.41) is 3.48. The number of aromatic nitrogens is 2. The first-order chi connectivity index (χ1) is 31.7. The molecule has 0 radical (unpaired) electrons. The maximum atomic E-state index is 12.2. The average molecular weight is 1040 g/mol. The normalized spacial score (nSPS) is 14.4. The lowest BCUT2D eigenvalue weighted by Gasteiger charge is -2.15. The van der Waals surface area contributed by atoms with Gasteiger partial charge in [0.05, 0.1) is 62.8 Å². The third kappa shape index (κ3) is 11.2. The van der Waals surface area contributed by atoms with E-state index < -0.39 is 12.6 Å². The summed E-state index contributed by atoms with van der Waals surface area (Å²) in [5.41, 5.74) is 10.1. The highest BCUT2D eigenvalue weighted by Gasteiger charge is 2.28. The fraction of sp³-hybridized carbons (Fsp3) is 0.170. The van der Waals surface area contributed by atoms with Gasteiger partial charge in [-0.15, -0.1) is 0 Å². The van der Waals surface area contributed by atoms with Crippen LogP contribution in [0.2, 0.25) is 10.0 Å². The maximum Gasteiger partial charge on any atom is 0.338 e. The van der Waals surface area contributed by atoms with Gasteiger partial charge in [0, 0.05) is 35.5 Å². The quantitative estimate of drug-likeness (QED) is 0.102. The van der Waals surface area contributed by atoms with Crippen LogP contribution in [-0.4, -0.2) is 36.1 Å². The molecule has 6 aromatic carbocycles. The highest BCUT2D eigenvalue weighted by molar-refractivity contribution is 14.1. The molecular formula is C53H45Cl2IN2O8. The number of hydrogen-bond donors (Lipinski definition) is 0. The van der Waals surface area contributed by atoms with Crippen molar-refractivity contribution in [1.82, 2.24) is 9.97 Å². The summed E-state index contributed by atoms with van der Waals surface area (Å²) >= 11 is 14.7. The predicted octanol–water partition coefficient (Wildman–Crippen LogP) is 13.4. The Morgan fingerprint density at radius 3 is 1.67 bits per heavy atom. The van der Waals surface area contributed by atoms with Gasteiger partial charge in [-0.3, -0.25) is 0 Å². The molecule has 4 heterocycles. The smallest absolute Gasteiger partial charge is 0.338 e. The molecule has 0 amide bonds. The van der Waals surface area contributed by atoms with Gasteiger partial charge in [-0.2, -0.15) is 0 Å². The minimum atomic E-state index is -0.559. The topological polar surface area (TPSA) is 115 Å². The Hall–Kier alpha value is -5.77. The van der Waals surface area contributed by atoms with E-state index in [1.54, 1.807) is 24.3 Å². The van der Waals surface area contributed by atoms with Gasteiger partial charge in [-0.05, 0) is 106 Å². The largest absolute Gasteiger partial charge is 0.465 e. The molecule has 0 aliphatic carbocycles. The third-order valence-electron chi connectivity index (χ3n) is 10.6. The Kier molecular flexibility index (Phi) is 16.5. The summed E-state index contributed by atoms with van der Waals surface area (Å²) in [6.07, 6.45) is -0.993. The molecule has 2 atom stereocenters. The highest BCUT2D eigenvalue weighted by atomic mass is 127. The van der Waals surface area contributed by atoms with Crippen molar-refractivity contribution < 1.29 is 38.0 Å². The molecule has 10 nitrogen and oxygen atoms in total. The van der Waals surface area contributed by atoms with Gasteiger partial charge in [-0.1, -0.05) is 122 Å². The molecule has 0 fully saturated rings. The number of carbonyl (C=O) groups is 2. The van der Waals surface area contributed by atoms with E-state index in [2.05, 4.69) is 50.5 Å². The zero-order valence-corrected chi connectivity index (χ0v) is 38.9. The van der Waals surface area contributed by atoms with E-state index in [9.17, 15) is 9.59 Å². The van der Waals surface area contributed by atoms with Crippen LogP contribution in [0.4, 0.5) is 0 Å². The summed E-state index contributed by atoms with van der Waals surface area (Å²) < 4.78 is 33.9. The van der Waals surface area contributed by atoms with Gasteiger partial charge >= 0.3 is 11.9 Å². The van der Waals surface area contributed by atoms with Crippen molar-refractivity contribution in [1.29, 1.82) is 0 Å². The van der Waals surface area contributed by atoms with E-state index in [-0.39, 0.29) is 26.0 Å². The third-order valence-corrected chi connectivity index (χ3v) is 12.3. The molecule has 336 valence electrons. The summed E-state index contributed by atoms with van der Waals surface area (Å²) in [6, 6.07) is 48.1. The van der Waals surface area contributed by atoms with Crippen LogP contribution in [0, 0.1) is 3.57 Å². The molecular weight excluding hydrogens is 990 g/mol. The lowest BCUT2D eigenvalue weighted by Crippen LogP contribution is -2.06. The molecule has 10 rings (SSSR count). The first-order valence-corrected chi connectivity index (χ1v) is 22.3. The van der Waals surface area contributed by atoms with Crippen LogP contribution in [0.3, 0.4) is 0 Å². The van der Waals surface area contributed by atoms with E-state index in [1.165, 1.54) is 14.2 Å². The van der Waals surface area contributed by atoms with Crippen molar-refractivity contribution in [2.45, 2.75) is 46.4 Å². The molecule has 0 bridgehead atoms. The lowest BCUT2D eigenvalue weighted by atomic mass is 9.98. The number of nitrogens with zero attached hydrogens (tertiary/aromatic N) is 2. The Morgan fingerprint density at radius 2 is 1.08 bits per heavy atom. The number of carbonyl (C=O) groups excluding carboxylic acids is 2. The Bertz CT molecular complexity index is 3000. The van der Waals surface area contributed by atoms with Gasteiger partial charge < -0.3 is 28.4 Å². The van der Waals surface area contributed by atoms with E-state index in [4.69, 9.17) is 51.9 Å². The SMILES string of the molecule is C.COC(=O)c1ccccc1-c1ccc(Cl)c(COC2OCc3cc4ccccc4nc32)c1.COC(=O)c1ccccc1I.Clc1ccccc1COC1OCc2cc3ccccc3nc21. The van der Waals surface area contributed by atoms with Crippen LogP contribution in [0.5, 0.6) is 0 Å². The van der Waals surface area contributed by atoms with Crippen LogP contribution in [0.15, 0.2) is 152 Å². The summed E-state index contributed by atoms with van der Waals surface area (Å²) in [5.74, 6) is -0.669. The monoisotopic (exact) mass is 1030 g/mol. The van der Waals surface area contributed by atoms with Crippen molar-refractivity contribution in [3.05, 3.63) is 210 Å². The van der Waals surface area contributed by atoms with E-state index in [1.807, 2.05) is 109 Å². The van der Waals surface area contributed by atoms with Gasteiger partial charge in [-0.25, -0.2) is 19.6 Å². The van der Waals surface area contributed by atoms with Crippen molar-refractivity contribution >= 4 is 79.5 Å². The molecule has 0 N–H and O–H groups in total. The molecule has 13 heteroatoms. The molecule has 2 unspecified atom stereocenters. The first-order valence-electron chi connectivity index (χ1n) is 20.5. The van der Waals surface area contributed by atoms with Gasteiger partial charge in [0.1, 0.15) is 11.4 Å². The summed E-state index contributed by atoms with van der Waals surface area (Å²) in [4.78, 5) is 32.6. The van der Waals surface area contributed by atoms with E-state index in [0.717, 1.165) is 70.1 Å². The maximum absolute atomic E-state index is 12.2. The first kappa shape index (κ1) is 48.2. The molecule has 2 aromatic heterocycles. The second-order valence-corrected chi connectivity index (χ2v) is 16.7. The van der Waals surface area contributed by atoms with Crippen LogP contribution >= 0.6 is 45.8 Å². The zero-order chi connectivity index (χ0) is 45.3. The molecule has 0 spiro atoms. The average Bonchev–Trinajstić information content (AvgIpc) is 3.94. The molecule has 66 heavy (non-hydrogen) atoms. The number of fused-ring (bicyclic) bond motifs is 4. The van der Waals surface area contributed by atoms with Crippen LogP contribution < -0.4 is 0 Å². The van der Waals surface area contributed by atoms with Gasteiger partial charge in [0.15, 0.2) is 0 Å². The fourth-order valence-corrected chi connectivity index (χ4v) is 8.26. The second-order valence-electron chi connectivity index (χ2n) is 14.8. The molecule has 8 aromatic rings. The molecule has 0 saturated carbocycles. The Morgan fingerprint density at radius 1 is 0.591 bits per heavy atom. The summed E-state index contributed by atoms with van der Waals surface area (Å²) in [6.45, 7) is 1.63. The van der Waals surface area contributed by atoms with E-state index >= 15 is 0 Å². The van der Waals surface area contributed by atoms with Crippen molar-refractivity contribution in [3.63, 3.8) is 0 Å². The van der Waals surface area contributed by atoms with Crippen molar-refractivity contribution in [3.8, 4) is 11.1 Å². The minimum Gasteiger partial charge on any atom is -0.465 e. The standard InChI is InChI=1S/C26H20ClNO4.C18H14ClNO2.C8H7IO2.CH4/c1-30-25(29)21-8-4-3-7-20(21)16-10-11-22(27)18(12-16)14-31-26-24-19(15-32-26)13-17-6-2-5-9-23(17)28-24;19-15-7-3-1-6-13(15)10-21-18-17-14(11-22-18)9-12-5-2-4-8-16(12)20-17;1-11-8(10)6-4-2-3-5-7(6)9;/h2-13,26H,14-15H2,1H3;1-9,18H,10-11H2;2-5H,1H3;1H4. The number of hydrogen-bond acceptors (Lipinski definition) is 10. The fourth-order valence-electron chi connectivity index (χ4n) is 7.29. The number of halogens is 3. The predicted molar refractivity (Wildman–Crippen MR) is 265 cm³/mol. The number of para-hydroxylation sites is 2. The Labute approximate surface area is 406 Å². The van der Waals surface area contributed by atoms with Gasteiger partial charge in [0.25, 0.3) is 0 Å². The number of ether oxygens (including phenoxy) is 6. The van der Waals surface area contributed by atoms with E-state index in [0.29, 0.717) is 41.0 Å². The summed E-state index contributed by atoms with van der Waals surface area (Å²) in [7, 11) is 2.75. The van der Waals surface area contributed by atoms with Crippen LogP contribution in [0.25, 0.3) is 32.9 Å². The van der Waals surface area contributed by atoms with Crippen LogP contribution in [0.1, 0.15) is 74.4 Å². The molecule has 2 aliphatic rings. The number of esters is 2. The number of benzene rings is 6. The second kappa shape index (κ2) is 22.6. The number of methoxy groups -OCH3 is 2.